The summed E-state index contributed by atoms with van der Waals surface area (Å²) in [7, 11) is 0. The lowest BCUT2D eigenvalue weighted by Gasteiger charge is -2.15. The van der Waals surface area contributed by atoms with Gasteiger partial charge in [-0.25, -0.2) is 4.79 Å². The summed E-state index contributed by atoms with van der Waals surface area (Å²) in [6, 6.07) is 9.86. The van der Waals surface area contributed by atoms with E-state index in [2.05, 4.69) is 4.98 Å². The monoisotopic (exact) mass is 413 g/mol. The molecule has 1 heterocycles. The minimum atomic E-state index is -1.26. The van der Waals surface area contributed by atoms with E-state index < -0.39 is 17.5 Å². The van der Waals surface area contributed by atoms with E-state index >= 15 is 0 Å². The van der Waals surface area contributed by atoms with Crippen molar-refractivity contribution in [2.24, 2.45) is 0 Å². The molecule has 1 unspecified atom stereocenters. The van der Waals surface area contributed by atoms with Crippen LogP contribution >= 0.6 is 0 Å². The van der Waals surface area contributed by atoms with Gasteiger partial charge in [-0.15, -0.1) is 0 Å². The number of carbonyl (C=O) groups excluding carboxylic acids is 1. The van der Waals surface area contributed by atoms with Gasteiger partial charge in [0.25, 0.3) is 0 Å². The SMILES string of the molecule is CC(=O)c1c(O)cccc1OCC(O)COc1ccc2c(=O)cc(C(=O)O)[nH]c2c1. The number of phenols is 1. The normalized spacial score (nSPS) is 11.8. The van der Waals surface area contributed by atoms with Gasteiger partial charge >= 0.3 is 5.97 Å². The number of fused-ring (bicyclic) bond motifs is 1. The Balaban J connectivity index is 1.66. The van der Waals surface area contributed by atoms with E-state index in [0.29, 0.717) is 11.1 Å². The molecule has 9 nitrogen and oxygen atoms in total. The first-order valence-electron chi connectivity index (χ1n) is 8.93. The zero-order valence-electron chi connectivity index (χ0n) is 15.9. The van der Waals surface area contributed by atoms with Crippen molar-refractivity contribution in [2.45, 2.75) is 13.0 Å². The Kier molecular flexibility index (Phi) is 6.03. The molecule has 0 fully saturated rings. The van der Waals surface area contributed by atoms with Crippen LogP contribution in [-0.4, -0.2) is 51.4 Å². The number of carboxylic acids is 1. The number of aromatic amines is 1. The molecular weight excluding hydrogens is 394 g/mol. The van der Waals surface area contributed by atoms with Gasteiger partial charge in [-0.1, -0.05) is 6.07 Å². The standard InChI is InChI=1S/C21H19NO8/c1-11(23)20-17(25)3-2-4-19(20)30-10-12(24)9-29-13-5-6-14-15(7-13)22-16(21(27)28)8-18(14)26/h2-8,12,24-25H,9-10H2,1H3,(H,22,26)(H,27,28). The number of aromatic nitrogens is 1. The maximum absolute atomic E-state index is 12.0. The number of ketones is 1. The van der Waals surface area contributed by atoms with Gasteiger partial charge in [0.2, 0.25) is 0 Å². The summed E-state index contributed by atoms with van der Waals surface area (Å²) in [5.74, 6) is -1.39. The number of hydrogen-bond donors (Lipinski definition) is 4. The summed E-state index contributed by atoms with van der Waals surface area (Å²) < 4.78 is 10.9. The highest BCUT2D eigenvalue weighted by atomic mass is 16.5. The van der Waals surface area contributed by atoms with Crippen molar-refractivity contribution in [3.05, 3.63) is 63.9 Å². The first kappa shape index (κ1) is 20.9. The molecule has 0 aliphatic carbocycles. The number of hydrogen-bond acceptors (Lipinski definition) is 7. The molecule has 3 rings (SSSR count). The largest absolute Gasteiger partial charge is 0.507 e. The van der Waals surface area contributed by atoms with Crippen LogP contribution in [0.4, 0.5) is 0 Å². The topological polar surface area (TPSA) is 146 Å². The van der Waals surface area contributed by atoms with E-state index in [1.165, 1.54) is 43.3 Å². The van der Waals surface area contributed by atoms with Gasteiger partial charge < -0.3 is 29.8 Å². The lowest BCUT2D eigenvalue weighted by molar-refractivity contribution is 0.0620. The lowest BCUT2D eigenvalue weighted by atomic mass is 10.1. The lowest BCUT2D eigenvalue weighted by Crippen LogP contribution is -2.25. The van der Waals surface area contributed by atoms with Crippen molar-refractivity contribution in [3.8, 4) is 17.2 Å². The Morgan fingerprint density at radius 2 is 1.83 bits per heavy atom. The summed E-state index contributed by atoms with van der Waals surface area (Å²) in [6.45, 7) is 0.932. The molecule has 0 amide bonds. The van der Waals surface area contributed by atoms with Gasteiger partial charge in [0, 0.05) is 17.5 Å². The number of carbonyl (C=O) groups is 2. The predicted molar refractivity (Wildman–Crippen MR) is 107 cm³/mol. The summed E-state index contributed by atoms with van der Waals surface area (Å²) in [5.41, 5.74) is -0.369. The molecule has 0 spiro atoms. The fraction of sp³-hybridized carbons (Fsp3) is 0.190. The molecule has 0 radical (unpaired) electrons. The molecule has 9 heteroatoms. The number of carboxylic acid groups (broad SMARTS) is 1. The second-order valence-electron chi connectivity index (χ2n) is 6.54. The summed E-state index contributed by atoms with van der Waals surface area (Å²) in [5, 5.41) is 29.3. The molecule has 0 aliphatic heterocycles. The molecule has 1 aromatic heterocycles. The quantitative estimate of drug-likeness (QED) is 0.410. The van der Waals surface area contributed by atoms with Crippen molar-refractivity contribution in [1.82, 2.24) is 4.98 Å². The average Bonchev–Trinajstić information content (AvgIpc) is 2.70. The van der Waals surface area contributed by atoms with Crippen molar-refractivity contribution >= 4 is 22.7 Å². The van der Waals surface area contributed by atoms with Crippen LogP contribution in [0.15, 0.2) is 47.3 Å². The van der Waals surface area contributed by atoms with Gasteiger partial charge in [0.05, 0.1) is 5.52 Å². The summed E-state index contributed by atoms with van der Waals surface area (Å²) >= 11 is 0. The highest BCUT2D eigenvalue weighted by molar-refractivity contribution is 5.99. The maximum atomic E-state index is 12.0. The molecule has 3 aromatic rings. The minimum absolute atomic E-state index is 0.0262. The van der Waals surface area contributed by atoms with Gasteiger partial charge in [-0.2, -0.15) is 0 Å². The second-order valence-corrected chi connectivity index (χ2v) is 6.54. The third kappa shape index (κ3) is 4.58. The van der Waals surface area contributed by atoms with Crippen molar-refractivity contribution in [3.63, 3.8) is 0 Å². The minimum Gasteiger partial charge on any atom is -0.507 e. The van der Waals surface area contributed by atoms with E-state index in [0.717, 1.165) is 6.07 Å². The van der Waals surface area contributed by atoms with Crippen LogP contribution in [0, 0.1) is 0 Å². The van der Waals surface area contributed by atoms with Gasteiger partial charge in [-0.3, -0.25) is 9.59 Å². The Morgan fingerprint density at radius 3 is 2.53 bits per heavy atom. The number of pyridine rings is 1. The molecule has 1 atom stereocenters. The summed E-state index contributed by atoms with van der Waals surface area (Å²) in [4.78, 5) is 37.4. The molecule has 0 aliphatic rings. The van der Waals surface area contributed by atoms with Crippen LogP contribution in [0.3, 0.4) is 0 Å². The number of ether oxygens (including phenoxy) is 2. The summed E-state index contributed by atoms with van der Waals surface area (Å²) in [6.07, 6.45) is -1.06. The number of Topliss-reactive ketones (excluding diaryl/α,β-unsaturated/α-hetero) is 1. The molecule has 2 aromatic carbocycles. The van der Waals surface area contributed by atoms with Crippen LogP contribution in [0.5, 0.6) is 17.2 Å². The van der Waals surface area contributed by atoms with Gasteiger partial charge in [0.1, 0.15) is 47.8 Å². The zero-order chi connectivity index (χ0) is 21.8. The predicted octanol–water partition coefficient (Wildman–Crippen LogP) is 1.95. The fourth-order valence-electron chi connectivity index (χ4n) is 2.86. The van der Waals surface area contributed by atoms with E-state index in [9.17, 15) is 24.6 Å². The zero-order valence-corrected chi connectivity index (χ0v) is 15.9. The number of rotatable bonds is 8. The van der Waals surface area contributed by atoms with E-state index in [4.69, 9.17) is 14.6 Å². The Hall–Kier alpha value is -3.85. The van der Waals surface area contributed by atoms with Crippen LogP contribution < -0.4 is 14.9 Å². The van der Waals surface area contributed by atoms with Crippen molar-refractivity contribution in [1.29, 1.82) is 0 Å². The van der Waals surface area contributed by atoms with Crippen LogP contribution in [-0.2, 0) is 0 Å². The van der Waals surface area contributed by atoms with Crippen LogP contribution in [0.25, 0.3) is 10.9 Å². The van der Waals surface area contributed by atoms with Crippen LogP contribution in [0.1, 0.15) is 27.8 Å². The first-order chi connectivity index (χ1) is 14.3. The van der Waals surface area contributed by atoms with Crippen molar-refractivity contribution < 1.29 is 34.4 Å². The van der Waals surface area contributed by atoms with Crippen molar-refractivity contribution in [2.75, 3.05) is 13.2 Å². The molecule has 4 N–H and O–H groups in total. The van der Waals surface area contributed by atoms with Crippen LogP contribution in [0.2, 0.25) is 0 Å². The molecule has 30 heavy (non-hydrogen) atoms. The highest BCUT2D eigenvalue weighted by Gasteiger charge is 2.15. The highest BCUT2D eigenvalue weighted by Crippen LogP contribution is 2.28. The number of H-pyrrole nitrogens is 1. The van der Waals surface area contributed by atoms with E-state index in [1.807, 2.05) is 0 Å². The third-order valence-corrected chi connectivity index (χ3v) is 4.26. The smallest absolute Gasteiger partial charge is 0.352 e. The second kappa shape index (κ2) is 8.66. The number of aliphatic hydroxyl groups excluding tert-OH is 1. The van der Waals surface area contributed by atoms with E-state index in [-0.39, 0.29) is 47.3 Å². The average molecular weight is 413 g/mol. The number of aromatic hydroxyl groups is 1. The molecular formula is C21H19NO8. The molecule has 156 valence electrons. The number of nitrogens with one attached hydrogen (secondary N) is 1. The van der Waals surface area contributed by atoms with E-state index in [1.54, 1.807) is 0 Å². The Bertz CT molecular complexity index is 1170. The third-order valence-electron chi connectivity index (χ3n) is 4.26. The molecule has 0 saturated heterocycles. The van der Waals surface area contributed by atoms with Gasteiger partial charge in [-0.05, 0) is 31.2 Å². The number of aromatic carboxylic acids is 1. The Labute approximate surface area is 170 Å². The van der Waals surface area contributed by atoms with Gasteiger partial charge in [0.15, 0.2) is 11.2 Å². The Morgan fingerprint density at radius 1 is 1.10 bits per heavy atom. The fourth-order valence-corrected chi connectivity index (χ4v) is 2.86. The maximum Gasteiger partial charge on any atom is 0.352 e. The molecule has 0 saturated carbocycles. The molecule has 0 bridgehead atoms. The number of aliphatic hydroxyl groups is 1. The number of phenolic OH excluding ortho intramolecular Hbond substituents is 1. The first-order valence-corrected chi connectivity index (χ1v) is 8.93. The number of benzene rings is 2.